The van der Waals surface area contributed by atoms with Gasteiger partial charge in [-0.25, -0.2) is 4.98 Å². The highest BCUT2D eigenvalue weighted by atomic mass is 32.1. The normalized spacial score (nSPS) is 11.6. The smallest absolute Gasteiger partial charge is 0.238 e. The number of fused-ring (bicyclic) bond motifs is 6. The summed E-state index contributed by atoms with van der Waals surface area (Å²) in [7, 11) is 0. The summed E-state index contributed by atoms with van der Waals surface area (Å²) in [6, 6.07) is 59.6. The Morgan fingerprint density at radius 2 is 0.900 bits per heavy atom. The Bertz CT molecular complexity index is 2840. The molecule has 10 rings (SSSR count). The quantitative estimate of drug-likeness (QED) is 0.185. The number of rotatable bonds is 5. The molecule has 0 aliphatic heterocycles. The zero-order valence-corrected chi connectivity index (χ0v) is 27.7. The first-order chi connectivity index (χ1) is 24.8. The van der Waals surface area contributed by atoms with Gasteiger partial charge in [0.1, 0.15) is 0 Å². The summed E-state index contributed by atoms with van der Waals surface area (Å²) in [4.78, 5) is 15.5. The average molecular weight is 657 g/mol. The fraction of sp³-hybridized carbons (Fsp3) is 0. The van der Waals surface area contributed by atoms with Crippen LogP contribution in [-0.2, 0) is 0 Å². The van der Waals surface area contributed by atoms with Crippen LogP contribution < -0.4 is 0 Å². The average Bonchev–Trinajstić information content (AvgIpc) is 3.73. The summed E-state index contributed by atoms with van der Waals surface area (Å²) in [6.07, 6.45) is 0. The molecule has 0 saturated carbocycles. The lowest BCUT2D eigenvalue weighted by atomic mass is 9.94. The van der Waals surface area contributed by atoms with Crippen LogP contribution in [0.3, 0.4) is 0 Å². The van der Waals surface area contributed by atoms with Gasteiger partial charge in [-0.15, -0.1) is 11.3 Å². The Labute approximate surface area is 292 Å². The molecule has 10 aromatic rings. The highest BCUT2D eigenvalue weighted by molar-refractivity contribution is 7.26. The van der Waals surface area contributed by atoms with Crippen LogP contribution in [0.4, 0.5) is 0 Å². The molecule has 0 fully saturated rings. The minimum Gasteiger partial charge on any atom is -0.278 e. The van der Waals surface area contributed by atoms with Gasteiger partial charge in [-0.05, 0) is 34.9 Å². The third-order valence-electron chi connectivity index (χ3n) is 9.47. The van der Waals surface area contributed by atoms with E-state index in [1.165, 1.54) is 42.2 Å². The van der Waals surface area contributed by atoms with E-state index in [0.717, 1.165) is 33.1 Å². The largest absolute Gasteiger partial charge is 0.278 e. The molecule has 0 spiro atoms. The maximum Gasteiger partial charge on any atom is 0.238 e. The Balaban J connectivity index is 1.28. The molecule has 50 heavy (non-hydrogen) atoms. The summed E-state index contributed by atoms with van der Waals surface area (Å²) >= 11 is 1.83. The van der Waals surface area contributed by atoms with Crippen molar-refractivity contribution in [3.63, 3.8) is 0 Å². The third kappa shape index (κ3) is 4.63. The van der Waals surface area contributed by atoms with Gasteiger partial charge >= 0.3 is 0 Å². The highest BCUT2D eigenvalue weighted by Gasteiger charge is 2.23. The van der Waals surface area contributed by atoms with Gasteiger partial charge in [0, 0.05) is 47.6 Å². The number of hydrogen-bond acceptors (Lipinski definition) is 4. The number of nitrogens with zero attached hydrogens (tertiary/aromatic N) is 4. The molecule has 0 aliphatic rings. The van der Waals surface area contributed by atoms with Crippen molar-refractivity contribution in [3.8, 4) is 51.0 Å². The molecule has 0 atom stereocenters. The standard InChI is InChI=1S/C45H28N4S/c1-4-14-29(15-5-1)30-24-26-33(27-25-30)44-46-43(32-18-8-3-9-19-32)47-45(48-44)49-36-22-12-10-20-34(36)41-37(49)28-39-42(35-21-11-13-23-38(35)50-39)40(41)31-16-6-2-7-17-31/h1-28H. The molecule has 234 valence electrons. The van der Waals surface area contributed by atoms with E-state index in [2.05, 4.69) is 150 Å². The Kier molecular flexibility index (Phi) is 6.64. The molecule has 5 heteroatoms. The second kappa shape index (κ2) is 11.6. The van der Waals surface area contributed by atoms with E-state index in [1.54, 1.807) is 0 Å². The fourth-order valence-electron chi connectivity index (χ4n) is 7.19. The summed E-state index contributed by atoms with van der Waals surface area (Å²) < 4.78 is 4.74. The minimum atomic E-state index is 0.590. The maximum atomic E-state index is 5.24. The molecule has 0 N–H and O–H groups in total. The van der Waals surface area contributed by atoms with Gasteiger partial charge in [0.05, 0.1) is 11.0 Å². The minimum absolute atomic E-state index is 0.590. The van der Waals surface area contributed by atoms with Gasteiger partial charge in [-0.2, -0.15) is 9.97 Å². The van der Waals surface area contributed by atoms with E-state index in [9.17, 15) is 0 Å². The predicted octanol–water partition coefficient (Wildman–Crippen LogP) is 12.0. The van der Waals surface area contributed by atoms with Crippen molar-refractivity contribution in [1.82, 2.24) is 19.5 Å². The maximum absolute atomic E-state index is 5.24. The molecular weight excluding hydrogens is 629 g/mol. The van der Waals surface area contributed by atoms with Gasteiger partial charge < -0.3 is 0 Å². The number of benzene rings is 7. The molecule has 0 unspecified atom stereocenters. The second-order valence-corrected chi connectivity index (χ2v) is 13.5. The number of aromatic nitrogens is 4. The van der Waals surface area contributed by atoms with Crippen molar-refractivity contribution in [2.45, 2.75) is 0 Å². The monoisotopic (exact) mass is 656 g/mol. The Hall–Kier alpha value is -6.43. The van der Waals surface area contributed by atoms with Crippen molar-refractivity contribution in [2.24, 2.45) is 0 Å². The van der Waals surface area contributed by atoms with Gasteiger partial charge in [-0.3, -0.25) is 4.57 Å². The molecule has 0 aliphatic carbocycles. The van der Waals surface area contributed by atoms with Crippen LogP contribution in [0, 0.1) is 0 Å². The summed E-state index contributed by atoms with van der Waals surface area (Å²) in [5, 5.41) is 4.91. The van der Waals surface area contributed by atoms with Crippen molar-refractivity contribution in [3.05, 3.63) is 170 Å². The zero-order valence-electron chi connectivity index (χ0n) is 26.9. The van der Waals surface area contributed by atoms with E-state index in [-0.39, 0.29) is 0 Å². The van der Waals surface area contributed by atoms with Crippen LogP contribution in [0.2, 0.25) is 0 Å². The number of thiophene rings is 1. The van der Waals surface area contributed by atoms with E-state index in [0.29, 0.717) is 17.6 Å². The molecule has 0 amide bonds. The Morgan fingerprint density at radius 3 is 1.60 bits per heavy atom. The van der Waals surface area contributed by atoms with Crippen molar-refractivity contribution < 1.29 is 0 Å². The van der Waals surface area contributed by atoms with Gasteiger partial charge in [-0.1, -0.05) is 152 Å². The first-order valence-electron chi connectivity index (χ1n) is 16.7. The number of hydrogen-bond donors (Lipinski definition) is 0. The summed E-state index contributed by atoms with van der Waals surface area (Å²) in [5.41, 5.74) is 8.74. The number of para-hydroxylation sites is 1. The van der Waals surface area contributed by atoms with Crippen molar-refractivity contribution >= 4 is 53.3 Å². The predicted molar refractivity (Wildman–Crippen MR) is 209 cm³/mol. The van der Waals surface area contributed by atoms with Gasteiger partial charge in [0.15, 0.2) is 11.6 Å². The SMILES string of the molecule is c1ccc(-c2ccc(-c3nc(-c4ccccc4)nc(-n4c5ccccc5c5c(-c6ccccc6)c6c(cc54)sc4ccccc46)n3)cc2)cc1. The highest BCUT2D eigenvalue weighted by Crippen LogP contribution is 2.47. The fourth-order valence-corrected chi connectivity index (χ4v) is 8.34. The van der Waals surface area contributed by atoms with Crippen LogP contribution in [0.5, 0.6) is 0 Å². The molecule has 3 heterocycles. The molecule has 7 aromatic carbocycles. The lowest BCUT2D eigenvalue weighted by molar-refractivity contribution is 0.954. The first kappa shape index (κ1) is 28.6. The topological polar surface area (TPSA) is 43.6 Å². The van der Waals surface area contributed by atoms with E-state index < -0.39 is 0 Å². The zero-order chi connectivity index (χ0) is 33.0. The lowest BCUT2D eigenvalue weighted by Gasteiger charge is -2.12. The van der Waals surface area contributed by atoms with Crippen LogP contribution in [-0.4, -0.2) is 19.5 Å². The van der Waals surface area contributed by atoms with Gasteiger partial charge in [0.25, 0.3) is 0 Å². The third-order valence-corrected chi connectivity index (χ3v) is 10.6. The van der Waals surface area contributed by atoms with E-state index in [1.807, 2.05) is 35.6 Å². The second-order valence-electron chi connectivity index (χ2n) is 12.4. The van der Waals surface area contributed by atoms with Crippen molar-refractivity contribution in [1.29, 1.82) is 0 Å². The molecule has 0 saturated heterocycles. The molecule has 3 aromatic heterocycles. The summed E-state index contributed by atoms with van der Waals surface area (Å²) in [5.74, 6) is 1.85. The van der Waals surface area contributed by atoms with Crippen LogP contribution >= 0.6 is 11.3 Å². The van der Waals surface area contributed by atoms with Crippen molar-refractivity contribution in [2.75, 3.05) is 0 Å². The van der Waals surface area contributed by atoms with Crippen LogP contribution in [0.15, 0.2) is 170 Å². The summed E-state index contributed by atoms with van der Waals surface area (Å²) in [6.45, 7) is 0. The lowest BCUT2D eigenvalue weighted by Crippen LogP contribution is -2.06. The Morgan fingerprint density at radius 1 is 0.380 bits per heavy atom. The molecule has 0 bridgehead atoms. The van der Waals surface area contributed by atoms with Crippen LogP contribution in [0.1, 0.15) is 0 Å². The van der Waals surface area contributed by atoms with E-state index in [4.69, 9.17) is 15.0 Å². The molecular formula is C45H28N4S. The van der Waals surface area contributed by atoms with E-state index >= 15 is 0 Å². The molecule has 0 radical (unpaired) electrons. The van der Waals surface area contributed by atoms with Crippen LogP contribution in [0.25, 0.3) is 93.0 Å². The molecule has 4 nitrogen and oxygen atoms in total. The first-order valence-corrected chi connectivity index (χ1v) is 17.5. The van der Waals surface area contributed by atoms with Gasteiger partial charge in [0.2, 0.25) is 5.95 Å².